The van der Waals surface area contributed by atoms with Crippen LogP contribution >= 0.6 is 0 Å². The van der Waals surface area contributed by atoms with Gasteiger partial charge in [-0.15, -0.1) is 0 Å². The highest BCUT2D eigenvalue weighted by Crippen LogP contribution is 1.98. The quantitative estimate of drug-likeness (QED) is 0.611. The molecule has 1 rings (SSSR count). The molecule has 0 aliphatic rings. The first-order valence-electron chi connectivity index (χ1n) is 3.93. The number of aryl methyl sites for hydroxylation is 1. The second kappa shape index (κ2) is 5.23. The lowest BCUT2D eigenvalue weighted by molar-refractivity contribution is 0.979. The Bertz CT molecular complexity index is 250. The molecule has 4 nitrogen and oxygen atoms in total. The molecule has 12 heavy (non-hydrogen) atoms. The van der Waals surface area contributed by atoms with Gasteiger partial charge in [0.15, 0.2) is 5.82 Å². The molecule has 68 valence electrons. The van der Waals surface area contributed by atoms with Gasteiger partial charge in [-0.1, -0.05) is 13.8 Å². The Kier molecular flexibility index (Phi) is 4.60. The summed E-state index contributed by atoms with van der Waals surface area (Å²) in [5.41, 5.74) is 6.03. The van der Waals surface area contributed by atoms with Crippen LogP contribution in [0.2, 0.25) is 0 Å². The summed E-state index contributed by atoms with van der Waals surface area (Å²) in [6, 6.07) is 0. The minimum Gasteiger partial charge on any atom is -0.404 e. The van der Waals surface area contributed by atoms with Gasteiger partial charge in [-0.2, -0.15) is 0 Å². The van der Waals surface area contributed by atoms with Crippen molar-refractivity contribution in [1.29, 1.82) is 0 Å². The number of nitrogens with zero attached hydrogens (tertiary/aromatic N) is 2. The van der Waals surface area contributed by atoms with Crippen molar-refractivity contribution in [2.75, 3.05) is 5.84 Å². The minimum atomic E-state index is 0.667. The van der Waals surface area contributed by atoms with Crippen LogP contribution in [-0.2, 0) is 0 Å². The number of imidazole rings is 1. The van der Waals surface area contributed by atoms with E-state index in [0.29, 0.717) is 5.82 Å². The SMILES string of the molecule is CC.Cc1cn(N)c(/C=C\N)n1. The third kappa shape index (κ3) is 2.65. The van der Waals surface area contributed by atoms with Crippen LogP contribution < -0.4 is 11.6 Å². The first-order chi connectivity index (χ1) is 5.74. The van der Waals surface area contributed by atoms with E-state index in [1.54, 1.807) is 12.3 Å². The molecule has 4 heteroatoms. The van der Waals surface area contributed by atoms with Crippen LogP contribution in [0.1, 0.15) is 25.4 Å². The van der Waals surface area contributed by atoms with Crippen LogP contribution in [0.25, 0.3) is 6.08 Å². The first kappa shape index (κ1) is 10.6. The summed E-state index contributed by atoms with van der Waals surface area (Å²) in [6.07, 6.45) is 4.79. The van der Waals surface area contributed by atoms with Gasteiger partial charge in [0.2, 0.25) is 0 Å². The molecule has 0 aliphatic heterocycles. The molecule has 0 spiro atoms. The smallest absolute Gasteiger partial charge is 0.152 e. The average Bonchev–Trinajstić information content (AvgIpc) is 2.35. The van der Waals surface area contributed by atoms with Crippen LogP contribution in [-0.4, -0.2) is 9.66 Å². The predicted octanol–water partition coefficient (Wildman–Crippen LogP) is 0.861. The fourth-order valence-corrected chi connectivity index (χ4v) is 0.744. The summed E-state index contributed by atoms with van der Waals surface area (Å²) < 4.78 is 1.43. The highest BCUT2D eigenvalue weighted by molar-refractivity contribution is 5.40. The molecule has 0 radical (unpaired) electrons. The summed E-state index contributed by atoms with van der Waals surface area (Å²) in [5, 5.41) is 0. The summed E-state index contributed by atoms with van der Waals surface area (Å²) in [7, 11) is 0. The highest BCUT2D eigenvalue weighted by Gasteiger charge is 1.95. The van der Waals surface area contributed by atoms with Crippen LogP contribution in [0.5, 0.6) is 0 Å². The van der Waals surface area contributed by atoms with Crippen LogP contribution in [0.3, 0.4) is 0 Å². The van der Waals surface area contributed by atoms with E-state index in [4.69, 9.17) is 11.6 Å². The molecule has 0 fully saturated rings. The van der Waals surface area contributed by atoms with Crippen molar-refractivity contribution in [3.05, 3.63) is 23.9 Å². The van der Waals surface area contributed by atoms with E-state index in [0.717, 1.165) is 5.69 Å². The van der Waals surface area contributed by atoms with E-state index >= 15 is 0 Å². The maximum absolute atomic E-state index is 5.47. The molecule has 0 unspecified atom stereocenters. The van der Waals surface area contributed by atoms with Gasteiger partial charge in [0, 0.05) is 6.20 Å². The maximum Gasteiger partial charge on any atom is 0.152 e. The number of rotatable bonds is 1. The Balaban J connectivity index is 0.000000561. The molecular weight excluding hydrogens is 152 g/mol. The van der Waals surface area contributed by atoms with Crippen molar-refractivity contribution in [2.24, 2.45) is 5.73 Å². The van der Waals surface area contributed by atoms with Gasteiger partial charge in [-0.3, -0.25) is 4.68 Å². The monoisotopic (exact) mass is 168 g/mol. The number of hydrogen-bond donors (Lipinski definition) is 2. The highest BCUT2D eigenvalue weighted by atomic mass is 15.3. The molecule has 1 aromatic rings. The number of hydrogen-bond acceptors (Lipinski definition) is 3. The zero-order valence-electron chi connectivity index (χ0n) is 7.78. The largest absolute Gasteiger partial charge is 0.404 e. The Hall–Kier alpha value is -1.45. The van der Waals surface area contributed by atoms with Gasteiger partial charge in [-0.25, -0.2) is 4.98 Å². The van der Waals surface area contributed by atoms with Gasteiger partial charge >= 0.3 is 0 Å². The molecule has 0 atom stereocenters. The summed E-state index contributed by atoms with van der Waals surface area (Å²) >= 11 is 0. The van der Waals surface area contributed by atoms with E-state index in [2.05, 4.69) is 4.98 Å². The fourth-order valence-electron chi connectivity index (χ4n) is 0.744. The van der Waals surface area contributed by atoms with Gasteiger partial charge in [0.25, 0.3) is 0 Å². The summed E-state index contributed by atoms with van der Waals surface area (Å²) in [5.74, 6) is 6.14. The van der Waals surface area contributed by atoms with Crippen molar-refractivity contribution in [2.45, 2.75) is 20.8 Å². The number of nitrogens with two attached hydrogens (primary N) is 2. The van der Waals surface area contributed by atoms with E-state index in [1.165, 1.54) is 10.9 Å². The molecule has 4 N–H and O–H groups in total. The second-order valence-corrected chi connectivity index (χ2v) is 2.01. The molecule has 0 bridgehead atoms. The Labute approximate surface area is 72.9 Å². The number of aromatic nitrogens is 2. The average molecular weight is 168 g/mol. The zero-order valence-corrected chi connectivity index (χ0v) is 7.78. The van der Waals surface area contributed by atoms with Gasteiger partial charge in [0.05, 0.1) is 5.69 Å². The van der Waals surface area contributed by atoms with Crippen molar-refractivity contribution in [1.82, 2.24) is 9.66 Å². The lowest BCUT2D eigenvalue weighted by atomic mass is 10.5. The van der Waals surface area contributed by atoms with Crippen LogP contribution in [0, 0.1) is 6.92 Å². The molecular formula is C8H16N4. The van der Waals surface area contributed by atoms with Crippen molar-refractivity contribution in [3.63, 3.8) is 0 Å². The normalized spacial score (nSPS) is 9.58. The fraction of sp³-hybridized carbons (Fsp3) is 0.375. The lowest BCUT2D eigenvalue weighted by Crippen LogP contribution is -2.08. The Morgan fingerprint density at radius 1 is 1.50 bits per heavy atom. The minimum absolute atomic E-state index is 0.667. The van der Waals surface area contributed by atoms with E-state index in [-0.39, 0.29) is 0 Å². The van der Waals surface area contributed by atoms with Gasteiger partial charge in [-0.05, 0) is 19.2 Å². The van der Waals surface area contributed by atoms with Gasteiger partial charge < -0.3 is 11.6 Å². The van der Waals surface area contributed by atoms with E-state index < -0.39 is 0 Å². The third-order valence-electron chi connectivity index (χ3n) is 1.13. The molecule has 0 amide bonds. The molecule has 0 saturated heterocycles. The molecule has 0 saturated carbocycles. The zero-order chi connectivity index (χ0) is 9.56. The van der Waals surface area contributed by atoms with Gasteiger partial charge in [0.1, 0.15) is 0 Å². The van der Waals surface area contributed by atoms with Crippen molar-refractivity contribution >= 4 is 6.08 Å². The van der Waals surface area contributed by atoms with Crippen LogP contribution in [0.15, 0.2) is 12.4 Å². The van der Waals surface area contributed by atoms with Crippen molar-refractivity contribution in [3.8, 4) is 0 Å². The molecule has 1 heterocycles. The predicted molar refractivity (Wildman–Crippen MR) is 51.7 cm³/mol. The first-order valence-corrected chi connectivity index (χ1v) is 3.93. The standard InChI is InChI=1S/C6H10N4.C2H6/c1-5-4-10(8)6(9-5)2-3-7;1-2/h2-4H,7-8H2,1H3;1-2H3/b3-2-;. The lowest BCUT2D eigenvalue weighted by Gasteiger charge is -1.90. The van der Waals surface area contributed by atoms with E-state index in [9.17, 15) is 0 Å². The molecule has 0 aromatic carbocycles. The van der Waals surface area contributed by atoms with Crippen molar-refractivity contribution < 1.29 is 0 Å². The van der Waals surface area contributed by atoms with E-state index in [1.807, 2.05) is 20.8 Å². The summed E-state index contributed by atoms with van der Waals surface area (Å²) in [6.45, 7) is 5.87. The Morgan fingerprint density at radius 3 is 2.42 bits per heavy atom. The second-order valence-electron chi connectivity index (χ2n) is 2.01. The number of nitrogen functional groups attached to an aromatic ring is 1. The maximum atomic E-state index is 5.47. The molecule has 0 aliphatic carbocycles. The topological polar surface area (TPSA) is 69.9 Å². The Morgan fingerprint density at radius 2 is 2.08 bits per heavy atom. The molecule has 1 aromatic heterocycles. The summed E-state index contributed by atoms with van der Waals surface area (Å²) in [4.78, 5) is 4.07. The third-order valence-corrected chi connectivity index (χ3v) is 1.13. The van der Waals surface area contributed by atoms with Crippen LogP contribution in [0.4, 0.5) is 0 Å².